The summed E-state index contributed by atoms with van der Waals surface area (Å²) in [6, 6.07) is 12.2. The van der Waals surface area contributed by atoms with Crippen molar-refractivity contribution in [2.24, 2.45) is 0 Å². The Labute approximate surface area is 175 Å². The van der Waals surface area contributed by atoms with Crippen molar-refractivity contribution in [3.63, 3.8) is 0 Å². The number of carbonyl (C=O) groups excluding carboxylic acids is 2. The summed E-state index contributed by atoms with van der Waals surface area (Å²) in [6.45, 7) is 1.94. The van der Waals surface area contributed by atoms with E-state index in [0.29, 0.717) is 23.4 Å². The van der Waals surface area contributed by atoms with E-state index in [0.717, 1.165) is 12.0 Å². The molecular weight excluding hydrogens is 412 g/mol. The third kappa shape index (κ3) is 4.86. The van der Waals surface area contributed by atoms with Gasteiger partial charge >= 0.3 is 0 Å². The van der Waals surface area contributed by atoms with E-state index in [1.54, 1.807) is 12.1 Å². The topological polar surface area (TPSA) is 83.6 Å². The molecule has 0 spiro atoms. The number of halogens is 1. The second-order valence-electron chi connectivity index (χ2n) is 7.02. The molecule has 0 aromatic heterocycles. The number of hydrogen-bond acceptors (Lipinski definition) is 4. The normalized spacial score (nSPS) is 17.7. The molecule has 1 N–H and O–H groups in total. The highest BCUT2D eigenvalue weighted by molar-refractivity contribution is 7.89. The third-order valence-electron chi connectivity index (χ3n) is 5.03. The van der Waals surface area contributed by atoms with Gasteiger partial charge in [0, 0.05) is 23.7 Å². The molecule has 0 radical (unpaired) electrons. The Hall–Kier alpha value is -2.22. The monoisotopic (exact) mass is 434 g/mol. The Balaban J connectivity index is 1.78. The summed E-state index contributed by atoms with van der Waals surface area (Å²) in [5, 5.41) is 3.36. The molecule has 1 fully saturated rings. The number of nitrogens with one attached hydrogen (secondary N) is 1. The maximum Gasteiger partial charge on any atom is 0.243 e. The van der Waals surface area contributed by atoms with Crippen molar-refractivity contribution >= 4 is 33.3 Å². The summed E-state index contributed by atoms with van der Waals surface area (Å²) in [4.78, 5) is 24.3. The van der Waals surface area contributed by atoms with Crippen LogP contribution < -0.4 is 5.32 Å². The quantitative estimate of drug-likeness (QED) is 0.706. The van der Waals surface area contributed by atoms with Gasteiger partial charge in [0.05, 0.1) is 4.90 Å². The molecule has 154 valence electrons. The highest BCUT2D eigenvalue weighted by atomic mass is 35.5. The lowest BCUT2D eigenvalue weighted by atomic mass is 10.0. The van der Waals surface area contributed by atoms with E-state index in [9.17, 15) is 18.0 Å². The second kappa shape index (κ2) is 9.07. The number of piperidine rings is 1. The summed E-state index contributed by atoms with van der Waals surface area (Å²) in [6.07, 6.45) is 1.93. The molecule has 6 nitrogen and oxygen atoms in total. The molecule has 2 aromatic rings. The van der Waals surface area contributed by atoms with Crippen LogP contribution in [0.4, 0.5) is 0 Å². The van der Waals surface area contributed by atoms with Gasteiger partial charge in [-0.15, -0.1) is 0 Å². The van der Waals surface area contributed by atoms with E-state index in [1.165, 1.54) is 35.5 Å². The van der Waals surface area contributed by atoms with Crippen molar-refractivity contribution in [1.82, 2.24) is 9.62 Å². The number of ketones is 1. The lowest BCUT2D eigenvalue weighted by Gasteiger charge is -2.33. The minimum Gasteiger partial charge on any atom is -0.351 e. The predicted octanol–water partition coefficient (Wildman–Crippen LogP) is 3.40. The Kier molecular flexibility index (Phi) is 6.72. The fraction of sp³-hybridized carbons (Fsp3) is 0.333. The molecule has 1 atom stereocenters. The van der Waals surface area contributed by atoms with Gasteiger partial charge in [-0.1, -0.05) is 48.4 Å². The number of benzene rings is 2. The van der Waals surface area contributed by atoms with Crippen molar-refractivity contribution in [3.05, 3.63) is 64.7 Å². The van der Waals surface area contributed by atoms with Gasteiger partial charge in [0.2, 0.25) is 15.9 Å². The zero-order chi connectivity index (χ0) is 21.0. The van der Waals surface area contributed by atoms with Gasteiger partial charge in [-0.2, -0.15) is 4.31 Å². The van der Waals surface area contributed by atoms with E-state index in [2.05, 4.69) is 5.32 Å². The van der Waals surface area contributed by atoms with Gasteiger partial charge in [0.25, 0.3) is 0 Å². The molecule has 1 heterocycles. The molecule has 1 unspecified atom stereocenters. The first-order valence-corrected chi connectivity index (χ1v) is 11.3. The first-order chi connectivity index (χ1) is 13.8. The summed E-state index contributed by atoms with van der Waals surface area (Å²) >= 11 is 6.13. The second-order valence-corrected chi connectivity index (χ2v) is 9.31. The first-order valence-electron chi connectivity index (χ1n) is 9.44. The molecule has 2 aromatic carbocycles. The van der Waals surface area contributed by atoms with E-state index < -0.39 is 16.1 Å². The van der Waals surface area contributed by atoms with Crippen molar-refractivity contribution in [2.45, 2.75) is 43.7 Å². The summed E-state index contributed by atoms with van der Waals surface area (Å²) in [5.41, 5.74) is 1.21. The molecule has 0 bridgehead atoms. The van der Waals surface area contributed by atoms with Gasteiger partial charge in [0.1, 0.15) is 6.04 Å². The minimum atomic E-state index is -3.85. The molecule has 1 saturated heterocycles. The van der Waals surface area contributed by atoms with Crippen molar-refractivity contribution in [3.8, 4) is 0 Å². The molecule has 29 heavy (non-hydrogen) atoms. The molecule has 0 aliphatic carbocycles. The van der Waals surface area contributed by atoms with Crippen LogP contribution in [0, 0.1) is 0 Å². The van der Waals surface area contributed by atoms with E-state index >= 15 is 0 Å². The number of nitrogens with zero attached hydrogens (tertiary/aromatic N) is 1. The number of hydrogen-bond donors (Lipinski definition) is 1. The zero-order valence-corrected chi connectivity index (χ0v) is 17.7. The Bertz CT molecular complexity index is 1010. The van der Waals surface area contributed by atoms with Crippen LogP contribution in [0.5, 0.6) is 0 Å². The van der Waals surface area contributed by atoms with Crippen LogP contribution in [0.15, 0.2) is 53.4 Å². The van der Waals surface area contributed by atoms with Crippen molar-refractivity contribution < 1.29 is 18.0 Å². The molecule has 1 amide bonds. The lowest BCUT2D eigenvalue weighted by Crippen LogP contribution is -2.51. The van der Waals surface area contributed by atoms with Crippen LogP contribution in [0.2, 0.25) is 5.02 Å². The molecule has 0 saturated carbocycles. The van der Waals surface area contributed by atoms with Crippen molar-refractivity contribution in [2.75, 3.05) is 6.54 Å². The highest BCUT2D eigenvalue weighted by Crippen LogP contribution is 2.26. The number of rotatable bonds is 6. The van der Waals surface area contributed by atoms with Gasteiger partial charge < -0.3 is 5.32 Å². The zero-order valence-electron chi connectivity index (χ0n) is 16.1. The third-order valence-corrected chi connectivity index (χ3v) is 7.33. The molecule has 1 aliphatic rings. The average molecular weight is 435 g/mol. The van der Waals surface area contributed by atoms with Crippen LogP contribution in [-0.4, -0.2) is 37.0 Å². The van der Waals surface area contributed by atoms with Gasteiger partial charge in [-0.3, -0.25) is 9.59 Å². The maximum atomic E-state index is 13.2. The first kappa shape index (κ1) is 21.5. The minimum absolute atomic E-state index is 0.0771. The van der Waals surface area contributed by atoms with E-state index in [-0.39, 0.29) is 29.7 Å². The Morgan fingerprint density at radius 1 is 1.10 bits per heavy atom. The molecule has 8 heteroatoms. The van der Waals surface area contributed by atoms with Crippen LogP contribution in [0.1, 0.15) is 42.1 Å². The number of Topliss-reactive ketones (excluding diaryl/α,β-unsaturated/α-hetero) is 1. The van der Waals surface area contributed by atoms with Crippen LogP contribution >= 0.6 is 11.6 Å². The van der Waals surface area contributed by atoms with Gasteiger partial charge in [-0.25, -0.2) is 8.42 Å². The Morgan fingerprint density at radius 2 is 1.79 bits per heavy atom. The fourth-order valence-corrected chi connectivity index (χ4v) is 5.25. The SMILES string of the molecule is CC(=O)c1ccc(S(=O)(=O)N2CCCCC2C(=O)NCc2ccccc2Cl)cc1. The molecule has 1 aliphatic heterocycles. The molecule has 3 rings (SSSR count). The number of carbonyl (C=O) groups is 2. The summed E-state index contributed by atoms with van der Waals surface area (Å²) in [5.74, 6) is -0.475. The molecular formula is C21H23ClN2O4S. The number of sulfonamides is 1. The maximum absolute atomic E-state index is 13.2. The highest BCUT2D eigenvalue weighted by Gasteiger charge is 2.37. The van der Waals surface area contributed by atoms with Gasteiger partial charge in [0.15, 0.2) is 5.78 Å². The van der Waals surface area contributed by atoms with Crippen LogP contribution in [-0.2, 0) is 21.4 Å². The van der Waals surface area contributed by atoms with E-state index in [1.807, 2.05) is 12.1 Å². The van der Waals surface area contributed by atoms with Gasteiger partial charge in [-0.05, 0) is 43.5 Å². The largest absolute Gasteiger partial charge is 0.351 e. The lowest BCUT2D eigenvalue weighted by molar-refractivity contribution is -0.125. The number of amides is 1. The Morgan fingerprint density at radius 3 is 2.45 bits per heavy atom. The van der Waals surface area contributed by atoms with Crippen LogP contribution in [0.25, 0.3) is 0 Å². The van der Waals surface area contributed by atoms with Crippen molar-refractivity contribution in [1.29, 1.82) is 0 Å². The summed E-state index contributed by atoms with van der Waals surface area (Å²) in [7, 11) is -3.85. The predicted molar refractivity (Wildman–Crippen MR) is 111 cm³/mol. The fourth-order valence-electron chi connectivity index (χ4n) is 3.39. The van der Waals surface area contributed by atoms with Crippen LogP contribution in [0.3, 0.4) is 0 Å². The van der Waals surface area contributed by atoms with E-state index in [4.69, 9.17) is 11.6 Å². The standard InChI is InChI=1S/C21H23ClN2O4S/c1-15(25)16-9-11-18(12-10-16)29(27,28)24-13-5-4-8-20(24)21(26)23-14-17-6-2-3-7-19(17)22/h2-3,6-7,9-12,20H,4-5,8,13-14H2,1H3,(H,23,26). The average Bonchev–Trinajstić information content (AvgIpc) is 2.73. The summed E-state index contributed by atoms with van der Waals surface area (Å²) < 4.78 is 27.6. The smallest absolute Gasteiger partial charge is 0.243 e.